The normalized spacial score (nSPS) is 27.2. The first kappa shape index (κ1) is 14.5. The Hall–Kier alpha value is -1.41. The van der Waals surface area contributed by atoms with Gasteiger partial charge in [-0.05, 0) is 31.6 Å². The topological polar surface area (TPSA) is 103 Å². The van der Waals surface area contributed by atoms with Crippen LogP contribution in [0.3, 0.4) is 0 Å². The standard InChI is InChI=1S/C13H19N3O4S/c17-13(18)10-8-14-15-12(10)21(19,20)16-7-3-5-9-4-1-2-6-11(9)16/h8-9,11H,1-7H2,(H,14,15)(H,17,18)/t9-,11-/m1/s1. The lowest BCUT2D eigenvalue weighted by Gasteiger charge is -2.42. The number of nitrogens with one attached hydrogen (secondary N) is 1. The fourth-order valence-electron chi connectivity index (χ4n) is 3.62. The number of rotatable bonds is 3. The Balaban J connectivity index is 1.97. The molecule has 1 aromatic rings. The molecule has 0 radical (unpaired) electrons. The molecule has 8 heteroatoms. The van der Waals surface area contributed by atoms with Gasteiger partial charge in [-0.1, -0.05) is 12.8 Å². The van der Waals surface area contributed by atoms with Crippen LogP contribution in [0, 0.1) is 5.92 Å². The molecule has 2 N–H and O–H groups in total. The lowest BCUT2D eigenvalue weighted by molar-refractivity contribution is 0.0692. The molecule has 7 nitrogen and oxygen atoms in total. The fourth-order valence-corrected chi connectivity index (χ4v) is 5.44. The number of aromatic amines is 1. The van der Waals surface area contributed by atoms with Crippen LogP contribution in [-0.4, -0.2) is 46.6 Å². The van der Waals surface area contributed by atoms with E-state index in [0.717, 1.165) is 44.7 Å². The van der Waals surface area contributed by atoms with Gasteiger partial charge in [0.05, 0.1) is 6.20 Å². The van der Waals surface area contributed by atoms with Crippen LogP contribution in [0.25, 0.3) is 0 Å². The Morgan fingerprint density at radius 3 is 2.76 bits per heavy atom. The number of carbonyl (C=O) groups is 1. The minimum absolute atomic E-state index is 0.00226. The number of carboxylic acids is 1. The predicted molar refractivity (Wildman–Crippen MR) is 74.4 cm³/mol. The second kappa shape index (κ2) is 5.42. The van der Waals surface area contributed by atoms with Crippen molar-refractivity contribution in [1.29, 1.82) is 0 Å². The summed E-state index contributed by atoms with van der Waals surface area (Å²) in [5, 5.41) is 14.8. The average molecular weight is 313 g/mol. The number of carboxylic acid groups (broad SMARTS) is 1. The molecule has 0 amide bonds. The van der Waals surface area contributed by atoms with Crippen molar-refractivity contribution in [2.24, 2.45) is 5.92 Å². The summed E-state index contributed by atoms with van der Waals surface area (Å²) in [6.45, 7) is 0.460. The Kier molecular flexibility index (Phi) is 3.75. The molecule has 2 fully saturated rings. The van der Waals surface area contributed by atoms with Crippen LogP contribution in [-0.2, 0) is 10.0 Å². The highest BCUT2D eigenvalue weighted by Gasteiger charge is 2.41. The van der Waals surface area contributed by atoms with E-state index in [2.05, 4.69) is 10.2 Å². The summed E-state index contributed by atoms with van der Waals surface area (Å²) in [5.41, 5.74) is -0.284. The van der Waals surface area contributed by atoms with E-state index in [0.29, 0.717) is 12.5 Å². The van der Waals surface area contributed by atoms with E-state index >= 15 is 0 Å². The maximum atomic E-state index is 12.8. The van der Waals surface area contributed by atoms with Crippen LogP contribution < -0.4 is 0 Å². The zero-order chi connectivity index (χ0) is 15.0. The minimum Gasteiger partial charge on any atom is -0.478 e. The first-order valence-corrected chi connectivity index (χ1v) is 8.74. The van der Waals surface area contributed by atoms with Crippen molar-refractivity contribution in [2.45, 2.75) is 49.6 Å². The van der Waals surface area contributed by atoms with Crippen molar-refractivity contribution in [3.05, 3.63) is 11.8 Å². The fraction of sp³-hybridized carbons (Fsp3) is 0.692. The van der Waals surface area contributed by atoms with Crippen molar-refractivity contribution in [2.75, 3.05) is 6.54 Å². The van der Waals surface area contributed by atoms with Crippen molar-refractivity contribution in [3.63, 3.8) is 0 Å². The molecule has 2 atom stereocenters. The van der Waals surface area contributed by atoms with E-state index in [9.17, 15) is 13.2 Å². The third kappa shape index (κ3) is 2.46. The number of hydrogen-bond acceptors (Lipinski definition) is 4. The monoisotopic (exact) mass is 313 g/mol. The van der Waals surface area contributed by atoms with Crippen molar-refractivity contribution in [1.82, 2.24) is 14.5 Å². The zero-order valence-electron chi connectivity index (χ0n) is 11.7. The number of aromatic carboxylic acids is 1. The van der Waals surface area contributed by atoms with Crippen LogP contribution in [0.15, 0.2) is 11.2 Å². The molecule has 3 rings (SSSR count). The molecule has 1 saturated carbocycles. The third-order valence-corrected chi connectivity index (χ3v) is 6.49. The van der Waals surface area contributed by atoms with Crippen LogP contribution in [0.4, 0.5) is 0 Å². The molecule has 2 aliphatic rings. The SMILES string of the molecule is O=C(O)c1cn[nH]c1S(=O)(=O)N1CCC[C@H]2CCCC[C@H]21. The molecule has 1 saturated heterocycles. The largest absolute Gasteiger partial charge is 0.478 e. The van der Waals surface area contributed by atoms with E-state index in [-0.39, 0.29) is 16.6 Å². The summed E-state index contributed by atoms with van der Waals surface area (Å²) in [7, 11) is -3.83. The van der Waals surface area contributed by atoms with Crippen molar-refractivity contribution >= 4 is 16.0 Å². The highest BCUT2D eigenvalue weighted by molar-refractivity contribution is 7.89. The van der Waals surface area contributed by atoms with Crippen LogP contribution >= 0.6 is 0 Å². The summed E-state index contributed by atoms with van der Waals surface area (Å²) < 4.78 is 27.1. The summed E-state index contributed by atoms with van der Waals surface area (Å²) in [6, 6.07) is 0.00226. The maximum Gasteiger partial charge on any atom is 0.340 e. The predicted octanol–water partition coefficient (Wildman–Crippen LogP) is 1.45. The number of nitrogens with zero attached hydrogens (tertiary/aromatic N) is 2. The molecule has 0 bridgehead atoms. The van der Waals surface area contributed by atoms with Crippen molar-refractivity contribution in [3.8, 4) is 0 Å². The van der Waals surface area contributed by atoms with Gasteiger partial charge < -0.3 is 5.11 Å². The van der Waals surface area contributed by atoms with E-state index in [1.54, 1.807) is 0 Å². The first-order valence-electron chi connectivity index (χ1n) is 7.30. The molecule has 0 spiro atoms. The second-order valence-corrected chi connectivity index (χ2v) is 7.62. The molecule has 2 heterocycles. The van der Waals surface area contributed by atoms with E-state index in [1.165, 1.54) is 4.31 Å². The van der Waals surface area contributed by atoms with Crippen LogP contribution in [0.5, 0.6) is 0 Å². The van der Waals surface area contributed by atoms with Gasteiger partial charge >= 0.3 is 5.97 Å². The molecule has 1 aliphatic heterocycles. The summed E-state index contributed by atoms with van der Waals surface area (Å²) in [4.78, 5) is 11.2. The van der Waals surface area contributed by atoms with Gasteiger partial charge in [0, 0.05) is 12.6 Å². The van der Waals surface area contributed by atoms with Gasteiger partial charge in [0.2, 0.25) is 0 Å². The maximum absolute atomic E-state index is 12.8. The molecule has 1 aliphatic carbocycles. The summed E-state index contributed by atoms with van der Waals surface area (Å²) in [5.74, 6) is -0.877. The smallest absolute Gasteiger partial charge is 0.340 e. The molecule has 0 aromatic carbocycles. The third-order valence-electron chi connectivity index (χ3n) is 4.59. The van der Waals surface area contributed by atoms with Crippen LogP contribution in [0.1, 0.15) is 48.9 Å². The van der Waals surface area contributed by atoms with E-state index in [1.807, 2.05) is 0 Å². The number of aromatic nitrogens is 2. The number of fused-ring (bicyclic) bond motifs is 1. The quantitative estimate of drug-likeness (QED) is 0.879. The highest BCUT2D eigenvalue weighted by atomic mass is 32.2. The van der Waals surface area contributed by atoms with Gasteiger partial charge in [-0.2, -0.15) is 9.40 Å². The number of piperidine rings is 1. The summed E-state index contributed by atoms with van der Waals surface area (Å²) in [6.07, 6.45) is 7.05. The first-order chi connectivity index (χ1) is 10.0. The van der Waals surface area contributed by atoms with Crippen LogP contribution in [0.2, 0.25) is 0 Å². The molecular weight excluding hydrogens is 294 g/mol. The van der Waals surface area contributed by atoms with Gasteiger partial charge in [0.1, 0.15) is 5.56 Å². The molecule has 0 unspecified atom stereocenters. The molecule has 21 heavy (non-hydrogen) atoms. The lowest BCUT2D eigenvalue weighted by atomic mass is 9.79. The Morgan fingerprint density at radius 1 is 1.29 bits per heavy atom. The Bertz CT molecular complexity index is 638. The van der Waals surface area contributed by atoms with Gasteiger partial charge in [0.25, 0.3) is 10.0 Å². The highest BCUT2D eigenvalue weighted by Crippen LogP contribution is 2.38. The van der Waals surface area contributed by atoms with E-state index < -0.39 is 16.0 Å². The minimum atomic E-state index is -3.83. The van der Waals surface area contributed by atoms with Gasteiger partial charge in [-0.15, -0.1) is 0 Å². The Morgan fingerprint density at radius 2 is 2.00 bits per heavy atom. The molecular formula is C13H19N3O4S. The van der Waals surface area contributed by atoms with Gasteiger partial charge in [0.15, 0.2) is 5.03 Å². The molecule has 1 aromatic heterocycles. The zero-order valence-corrected chi connectivity index (χ0v) is 12.5. The Labute approximate surface area is 123 Å². The van der Waals surface area contributed by atoms with Gasteiger partial charge in [-0.25, -0.2) is 13.2 Å². The average Bonchev–Trinajstić information content (AvgIpc) is 2.97. The summed E-state index contributed by atoms with van der Waals surface area (Å²) >= 11 is 0. The van der Waals surface area contributed by atoms with E-state index in [4.69, 9.17) is 5.11 Å². The second-order valence-electron chi connectivity index (χ2n) is 5.79. The number of sulfonamides is 1. The lowest BCUT2D eigenvalue weighted by Crippen LogP contribution is -2.49. The number of hydrogen-bond donors (Lipinski definition) is 2. The molecule has 116 valence electrons. The van der Waals surface area contributed by atoms with Gasteiger partial charge in [-0.3, -0.25) is 5.10 Å². The van der Waals surface area contributed by atoms with Crippen molar-refractivity contribution < 1.29 is 18.3 Å². The number of H-pyrrole nitrogens is 1.